The Morgan fingerprint density at radius 3 is 1.24 bits per heavy atom. The van der Waals surface area contributed by atoms with Crippen molar-refractivity contribution in [3.63, 3.8) is 0 Å². The van der Waals surface area contributed by atoms with E-state index in [-0.39, 0.29) is 0 Å². The smallest absolute Gasteiger partial charge is 0.0782 e. The minimum atomic E-state index is -1.02. The van der Waals surface area contributed by atoms with Gasteiger partial charge in [0.2, 0.25) is 0 Å². The lowest BCUT2D eigenvalue weighted by Crippen LogP contribution is -2.22. The molecule has 0 aromatic rings. The van der Waals surface area contributed by atoms with Gasteiger partial charge in [0.1, 0.15) is 0 Å². The Morgan fingerprint density at radius 1 is 0.559 bits per heavy atom. The summed E-state index contributed by atoms with van der Waals surface area (Å²) < 4.78 is 23.3. The van der Waals surface area contributed by atoms with Crippen LogP contribution < -0.4 is 0 Å². The van der Waals surface area contributed by atoms with Gasteiger partial charge in [-0.2, -0.15) is 0 Å². The highest BCUT2D eigenvalue weighted by atomic mass is 32.2. The van der Waals surface area contributed by atoms with Crippen LogP contribution in [0.1, 0.15) is 129 Å². The van der Waals surface area contributed by atoms with Gasteiger partial charge in [-0.05, 0) is 25.7 Å². The lowest BCUT2D eigenvalue weighted by molar-refractivity contribution is 0.0332. The fourth-order valence-electron chi connectivity index (χ4n) is 3.92. The van der Waals surface area contributed by atoms with Crippen LogP contribution in [0, 0.1) is 0 Å². The first-order valence-corrected chi connectivity index (χ1v) is 16.0. The topological polar surface area (TPSA) is 76.0 Å². The Labute approximate surface area is 214 Å². The van der Waals surface area contributed by atoms with E-state index in [4.69, 9.17) is 9.47 Å². The van der Waals surface area contributed by atoms with Crippen molar-refractivity contribution in [2.75, 3.05) is 37.9 Å². The van der Waals surface area contributed by atoms with Crippen molar-refractivity contribution in [2.24, 2.45) is 0 Å². The first-order chi connectivity index (χ1) is 16.6. The van der Waals surface area contributed by atoms with E-state index in [0.717, 1.165) is 12.8 Å². The van der Waals surface area contributed by atoms with E-state index in [0.29, 0.717) is 50.8 Å². The van der Waals surface area contributed by atoms with Gasteiger partial charge in [0.15, 0.2) is 0 Å². The third-order valence-corrected chi connectivity index (χ3v) is 7.64. The summed E-state index contributed by atoms with van der Waals surface area (Å²) in [6.45, 7) is 6.51. The molecule has 0 fully saturated rings. The molecule has 0 heterocycles. The Bertz CT molecular complexity index is 386. The van der Waals surface area contributed by atoms with Gasteiger partial charge in [0.05, 0.1) is 25.4 Å². The summed E-state index contributed by atoms with van der Waals surface area (Å²) in [5.41, 5.74) is 0. The summed E-state index contributed by atoms with van der Waals surface area (Å²) in [5, 5.41) is 20.1. The minimum absolute atomic E-state index is 0.322. The first kappa shape index (κ1) is 34.0. The molecule has 0 saturated carbocycles. The third-order valence-electron chi connectivity index (χ3n) is 6.26. The van der Waals surface area contributed by atoms with Crippen molar-refractivity contribution in [1.82, 2.24) is 0 Å². The lowest BCUT2D eigenvalue weighted by Gasteiger charge is -2.13. The van der Waals surface area contributed by atoms with Crippen LogP contribution in [0.5, 0.6) is 0 Å². The van der Waals surface area contributed by atoms with Crippen LogP contribution in [0.3, 0.4) is 0 Å². The van der Waals surface area contributed by atoms with E-state index in [1.54, 1.807) is 0 Å². The molecule has 0 radical (unpaired) electrons. The monoisotopic (exact) mass is 506 g/mol. The lowest BCUT2D eigenvalue weighted by atomic mass is 10.1. The average Bonchev–Trinajstić information content (AvgIpc) is 2.83. The van der Waals surface area contributed by atoms with Gasteiger partial charge >= 0.3 is 0 Å². The molecule has 2 atom stereocenters. The summed E-state index contributed by atoms with van der Waals surface area (Å²) in [5.74, 6) is 0.905. The highest BCUT2D eigenvalue weighted by Crippen LogP contribution is 2.10. The highest BCUT2D eigenvalue weighted by Gasteiger charge is 2.11. The van der Waals surface area contributed by atoms with Crippen LogP contribution in [0.25, 0.3) is 0 Å². The summed E-state index contributed by atoms with van der Waals surface area (Å²) >= 11 is 0. The SMILES string of the molecule is CCCCCCCCCCOCC(O)CCS(=O)CCC(O)COCCCCCCCCCC. The van der Waals surface area contributed by atoms with Gasteiger partial charge in [-0.3, -0.25) is 4.21 Å². The van der Waals surface area contributed by atoms with E-state index >= 15 is 0 Å². The molecule has 2 unspecified atom stereocenters. The maximum absolute atomic E-state index is 12.1. The Morgan fingerprint density at radius 2 is 0.882 bits per heavy atom. The van der Waals surface area contributed by atoms with Crippen molar-refractivity contribution < 1.29 is 23.9 Å². The molecule has 0 amide bonds. The average molecular weight is 507 g/mol. The van der Waals surface area contributed by atoms with Gasteiger partial charge in [0, 0.05) is 35.5 Å². The number of unbranched alkanes of at least 4 members (excludes halogenated alkanes) is 14. The highest BCUT2D eigenvalue weighted by molar-refractivity contribution is 7.84. The van der Waals surface area contributed by atoms with Crippen molar-refractivity contribution in [1.29, 1.82) is 0 Å². The van der Waals surface area contributed by atoms with Crippen molar-refractivity contribution in [3.8, 4) is 0 Å². The van der Waals surface area contributed by atoms with Crippen molar-refractivity contribution >= 4 is 10.8 Å². The molecule has 0 spiro atoms. The van der Waals surface area contributed by atoms with Gasteiger partial charge in [0.25, 0.3) is 0 Å². The molecule has 0 aliphatic carbocycles. The van der Waals surface area contributed by atoms with Crippen LogP contribution in [0.4, 0.5) is 0 Å². The van der Waals surface area contributed by atoms with E-state index in [2.05, 4.69) is 13.8 Å². The second-order valence-corrected chi connectivity index (χ2v) is 11.5. The van der Waals surface area contributed by atoms with E-state index < -0.39 is 23.0 Å². The molecular weight excluding hydrogens is 448 g/mol. The molecule has 0 aliphatic heterocycles. The van der Waals surface area contributed by atoms with E-state index in [1.165, 1.54) is 89.9 Å². The van der Waals surface area contributed by atoms with Gasteiger partial charge < -0.3 is 19.7 Å². The fourth-order valence-corrected chi connectivity index (χ4v) is 5.19. The molecule has 0 bridgehead atoms. The molecule has 34 heavy (non-hydrogen) atoms. The summed E-state index contributed by atoms with van der Waals surface area (Å²) in [6.07, 6.45) is 20.2. The van der Waals surface area contributed by atoms with Gasteiger partial charge in [-0.15, -0.1) is 0 Å². The number of hydrogen-bond acceptors (Lipinski definition) is 5. The molecule has 0 rings (SSSR count). The van der Waals surface area contributed by atoms with E-state index in [1.807, 2.05) is 0 Å². The molecule has 0 aromatic carbocycles. The largest absolute Gasteiger partial charge is 0.391 e. The van der Waals surface area contributed by atoms with Crippen molar-refractivity contribution in [2.45, 2.75) is 142 Å². The second-order valence-electron chi connectivity index (χ2n) is 9.83. The fraction of sp³-hybridized carbons (Fsp3) is 1.00. The summed E-state index contributed by atoms with van der Waals surface area (Å²) in [7, 11) is -1.02. The molecule has 2 N–H and O–H groups in total. The van der Waals surface area contributed by atoms with Crippen LogP contribution in [0.2, 0.25) is 0 Å². The van der Waals surface area contributed by atoms with Crippen molar-refractivity contribution in [3.05, 3.63) is 0 Å². The predicted octanol–water partition coefficient (Wildman–Crippen LogP) is 6.55. The standard InChI is InChI=1S/C28H58O5S/c1-3-5-7-9-11-13-15-17-21-32-25-27(29)19-23-34(31)24-20-28(30)26-33-22-18-16-14-12-10-8-6-4-2/h27-30H,3-26H2,1-2H3. The molecule has 0 aromatic heterocycles. The quantitative estimate of drug-likeness (QED) is 0.118. The number of aliphatic hydroxyl groups is 2. The summed E-state index contributed by atoms with van der Waals surface area (Å²) in [6, 6.07) is 0. The Kier molecular flexibility index (Phi) is 27.6. The maximum atomic E-state index is 12.1. The zero-order valence-electron chi connectivity index (χ0n) is 22.7. The first-order valence-electron chi connectivity index (χ1n) is 14.5. The molecule has 6 heteroatoms. The molecule has 0 aliphatic rings. The third kappa shape index (κ3) is 26.6. The molecule has 206 valence electrons. The molecule has 5 nitrogen and oxygen atoms in total. The predicted molar refractivity (Wildman–Crippen MR) is 146 cm³/mol. The Balaban J connectivity index is 3.42. The Hall–Kier alpha value is -0.0100. The number of aliphatic hydroxyl groups excluding tert-OH is 2. The van der Waals surface area contributed by atoms with Crippen LogP contribution in [-0.2, 0) is 20.3 Å². The maximum Gasteiger partial charge on any atom is 0.0782 e. The number of hydrogen-bond donors (Lipinski definition) is 2. The molecule has 0 saturated heterocycles. The minimum Gasteiger partial charge on any atom is -0.391 e. The normalized spacial score (nSPS) is 14.4. The summed E-state index contributed by atoms with van der Waals surface area (Å²) in [4.78, 5) is 0. The van der Waals surface area contributed by atoms with Crippen LogP contribution in [-0.4, -0.2) is 64.6 Å². The van der Waals surface area contributed by atoms with Gasteiger partial charge in [-0.25, -0.2) is 0 Å². The number of ether oxygens (including phenoxy) is 2. The number of rotatable bonds is 28. The van der Waals surface area contributed by atoms with E-state index in [9.17, 15) is 14.4 Å². The van der Waals surface area contributed by atoms with Gasteiger partial charge in [-0.1, -0.05) is 104 Å². The second kappa shape index (κ2) is 27.6. The molecular formula is C28H58O5S. The van der Waals surface area contributed by atoms with Crippen LogP contribution >= 0.6 is 0 Å². The zero-order chi connectivity index (χ0) is 25.1. The zero-order valence-corrected chi connectivity index (χ0v) is 23.5. The van der Waals surface area contributed by atoms with Crippen LogP contribution in [0.15, 0.2) is 0 Å².